The van der Waals surface area contributed by atoms with Gasteiger partial charge in [-0.15, -0.1) is 11.6 Å². The standard InChI is InChI=1S/C9H12Cl2N2O/c10-5-8-9(11)7(1-2-13-8)6-12-3-4-14/h1-2,12,14H,3-6H2. The smallest absolute Gasteiger partial charge is 0.0740 e. The largest absolute Gasteiger partial charge is 0.395 e. The number of aromatic nitrogens is 1. The minimum atomic E-state index is 0.116. The third-order valence-corrected chi connectivity index (χ3v) is 2.49. The topological polar surface area (TPSA) is 45.1 Å². The molecule has 0 saturated carbocycles. The number of halogens is 2. The lowest BCUT2D eigenvalue weighted by atomic mass is 10.2. The zero-order valence-electron chi connectivity index (χ0n) is 7.63. The van der Waals surface area contributed by atoms with Crippen molar-refractivity contribution < 1.29 is 5.11 Å². The molecule has 1 rings (SSSR count). The Morgan fingerprint density at radius 1 is 1.50 bits per heavy atom. The molecule has 1 aromatic heterocycles. The van der Waals surface area contributed by atoms with Gasteiger partial charge in [0.1, 0.15) is 0 Å². The Morgan fingerprint density at radius 2 is 2.29 bits per heavy atom. The van der Waals surface area contributed by atoms with Gasteiger partial charge >= 0.3 is 0 Å². The van der Waals surface area contributed by atoms with E-state index in [0.29, 0.717) is 29.7 Å². The number of hydrogen-bond donors (Lipinski definition) is 2. The van der Waals surface area contributed by atoms with Crippen molar-refractivity contribution >= 4 is 23.2 Å². The molecule has 0 aliphatic carbocycles. The molecule has 14 heavy (non-hydrogen) atoms. The van der Waals surface area contributed by atoms with Crippen molar-refractivity contribution in [2.75, 3.05) is 13.2 Å². The van der Waals surface area contributed by atoms with E-state index >= 15 is 0 Å². The summed E-state index contributed by atoms with van der Waals surface area (Å²) in [5, 5.41) is 12.2. The van der Waals surface area contributed by atoms with Crippen LogP contribution in [-0.4, -0.2) is 23.2 Å². The van der Waals surface area contributed by atoms with E-state index in [1.165, 1.54) is 0 Å². The van der Waals surface area contributed by atoms with E-state index in [1.807, 2.05) is 6.07 Å². The van der Waals surface area contributed by atoms with E-state index < -0.39 is 0 Å². The molecule has 0 aliphatic heterocycles. The molecule has 78 valence electrons. The number of hydrogen-bond acceptors (Lipinski definition) is 3. The molecule has 0 fully saturated rings. The lowest BCUT2D eigenvalue weighted by Crippen LogP contribution is -2.17. The van der Waals surface area contributed by atoms with Crippen LogP contribution in [0.15, 0.2) is 12.3 Å². The highest BCUT2D eigenvalue weighted by molar-refractivity contribution is 6.32. The third-order valence-electron chi connectivity index (χ3n) is 1.77. The number of aliphatic hydroxyl groups is 1. The predicted octanol–water partition coefficient (Wildman–Crippen LogP) is 1.56. The van der Waals surface area contributed by atoms with Crippen molar-refractivity contribution in [1.82, 2.24) is 10.3 Å². The van der Waals surface area contributed by atoms with Crippen molar-refractivity contribution in [3.63, 3.8) is 0 Å². The zero-order chi connectivity index (χ0) is 10.4. The summed E-state index contributed by atoms with van der Waals surface area (Å²) in [6.45, 7) is 1.28. The summed E-state index contributed by atoms with van der Waals surface area (Å²) in [5.41, 5.74) is 1.64. The first-order valence-corrected chi connectivity index (χ1v) is 5.20. The van der Waals surface area contributed by atoms with E-state index in [4.69, 9.17) is 28.3 Å². The third kappa shape index (κ3) is 3.10. The molecule has 2 N–H and O–H groups in total. The van der Waals surface area contributed by atoms with Crippen LogP contribution in [0.5, 0.6) is 0 Å². The van der Waals surface area contributed by atoms with Crippen molar-refractivity contribution in [1.29, 1.82) is 0 Å². The monoisotopic (exact) mass is 234 g/mol. The van der Waals surface area contributed by atoms with Crippen molar-refractivity contribution in [3.8, 4) is 0 Å². The summed E-state index contributed by atoms with van der Waals surface area (Å²) in [4.78, 5) is 4.04. The Balaban J connectivity index is 2.66. The molecule has 0 amide bonds. The van der Waals surface area contributed by atoms with Crippen LogP contribution in [0.4, 0.5) is 0 Å². The highest BCUT2D eigenvalue weighted by atomic mass is 35.5. The number of nitrogens with one attached hydrogen (secondary N) is 1. The van der Waals surface area contributed by atoms with E-state index in [-0.39, 0.29) is 6.61 Å². The number of alkyl halides is 1. The maximum Gasteiger partial charge on any atom is 0.0740 e. The fourth-order valence-electron chi connectivity index (χ4n) is 1.06. The zero-order valence-corrected chi connectivity index (χ0v) is 9.15. The lowest BCUT2D eigenvalue weighted by Gasteiger charge is -2.07. The van der Waals surface area contributed by atoms with Crippen LogP contribution in [-0.2, 0) is 12.4 Å². The summed E-state index contributed by atoms with van der Waals surface area (Å²) in [5.74, 6) is 0.312. The summed E-state index contributed by atoms with van der Waals surface area (Å²) in [6, 6.07) is 1.84. The molecule has 0 aromatic carbocycles. The summed E-state index contributed by atoms with van der Waals surface area (Å²) >= 11 is 11.7. The average Bonchev–Trinajstić information content (AvgIpc) is 2.21. The van der Waals surface area contributed by atoms with Gasteiger partial charge in [-0.3, -0.25) is 4.98 Å². The molecule has 0 radical (unpaired) electrons. The SMILES string of the molecule is OCCNCc1ccnc(CCl)c1Cl. The van der Waals surface area contributed by atoms with Gasteiger partial charge in [0.15, 0.2) is 0 Å². The second kappa shape index (κ2) is 6.19. The molecule has 0 unspecified atom stereocenters. The van der Waals surface area contributed by atoms with Gasteiger partial charge in [0.25, 0.3) is 0 Å². The first kappa shape index (κ1) is 11.7. The second-order valence-electron chi connectivity index (χ2n) is 2.76. The van der Waals surface area contributed by atoms with Gasteiger partial charge in [0.2, 0.25) is 0 Å². The molecule has 0 saturated heterocycles. The van der Waals surface area contributed by atoms with Crippen molar-refractivity contribution in [3.05, 3.63) is 28.5 Å². The number of nitrogens with zero attached hydrogens (tertiary/aromatic N) is 1. The van der Waals surface area contributed by atoms with Crippen LogP contribution in [0.25, 0.3) is 0 Å². The average molecular weight is 235 g/mol. The van der Waals surface area contributed by atoms with Gasteiger partial charge in [0, 0.05) is 19.3 Å². The molecule has 1 aromatic rings. The summed E-state index contributed by atoms with van der Waals surface area (Å²) in [6.07, 6.45) is 1.68. The molecule has 0 spiro atoms. The van der Waals surface area contributed by atoms with E-state index in [2.05, 4.69) is 10.3 Å². The molecule has 0 atom stereocenters. The van der Waals surface area contributed by atoms with Gasteiger partial charge in [-0.25, -0.2) is 0 Å². The van der Waals surface area contributed by atoms with Gasteiger partial charge < -0.3 is 10.4 Å². The minimum Gasteiger partial charge on any atom is -0.395 e. The normalized spacial score (nSPS) is 10.5. The van der Waals surface area contributed by atoms with E-state index in [1.54, 1.807) is 6.20 Å². The van der Waals surface area contributed by atoms with Crippen LogP contribution in [0, 0.1) is 0 Å². The highest BCUT2D eigenvalue weighted by Gasteiger charge is 2.05. The molecular formula is C9H12Cl2N2O. The molecule has 0 bridgehead atoms. The predicted molar refractivity (Wildman–Crippen MR) is 57.6 cm³/mol. The fourth-order valence-corrected chi connectivity index (χ4v) is 1.58. The highest BCUT2D eigenvalue weighted by Crippen LogP contribution is 2.20. The Labute approximate surface area is 93.1 Å². The Bertz CT molecular complexity index is 294. The van der Waals surface area contributed by atoms with Crippen molar-refractivity contribution in [2.45, 2.75) is 12.4 Å². The molecule has 0 aliphatic rings. The van der Waals surface area contributed by atoms with Gasteiger partial charge in [-0.2, -0.15) is 0 Å². The van der Waals surface area contributed by atoms with Crippen LogP contribution in [0.3, 0.4) is 0 Å². The van der Waals surface area contributed by atoms with Crippen LogP contribution >= 0.6 is 23.2 Å². The van der Waals surface area contributed by atoms with Crippen molar-refractivity contribution in [2.24, 2.45) is 0 Å². The van der Waals surface area contributed by atoms with E-state index in [9.17, 15) is 0 Å². The first-order chi connectivity index (χ1) is 6.79. The number of rotatable bonds is 5. The Kier molecular flexibility index (Phi) is 5.19. The minimum absolute atomic E-state index is 0.116. The summed E-state index contributed by atoms with van der Waals surface area (Å²) < 4.78 is 0. The van der Waals surface area contributed by atoms with Gasteiger partial charge in [-0.05, 0) is 11.6 Å². The molecule has 3 nitrogen and oxygen atoms in total. The van der Waals surface area contributed by atoms with Gasteiger partial charge in [0.05, 0.1) is 23.2 Å². The Hall–Kier alpha value is -0.350. The first-order valence-electron chi connectivity index (χ1n) is 4.29. The number of pyridine rings is 1. The lowest BCUT2D eigenvalue weighted by molar-refractivity contribution is 0.292. The van der Waals surface area contributed by atoms with Crippen LogP contribution in [0.2, 0.25) is 5.02 Å². The quantitative estimate of drug-likeness (QED) is 0.601. The maximum absolute atomic E-state index is 8.59. The summed E-state index contributed by atoms with van der Waals surface area (Å²) in [7, 11) is 0. The van der Waals surface area contributed by atoms with Gasteiger partial charge in [-0.1, -0.05) is 11.6 Å². The molecular weight excluding hydrogens is 223 g/mol. The molecule has 1 heterocycles. The second-order valence-corrected chi connectivity index (χ2v) is 3.41. The Morgan fingerprint density at radius 3 is 2.93 bits per heavy atom. The number of aliphatic hydroxyl groups excluding tert-OH is 1. The van der Waals surface area contributed by atoms with Crippen LogP contribution < -0.4 is 5.32 Å². The maximum atomic E-state index is 8.59. The van der Waals surface area contributed by atoms with Crippen LogP contribution in [0.1, 0.15) is 11.3 Å². The molecule has 5 heteroatoms. The fraction of sp³-hybridized carbons (Fsp3) is 0.444. The van der Waals surface area contributed by atoms with E-state index in [0.717, 1.165) is 5.56 Å².